The Labute approximate surface area is 294 Å². The van der Waals surface area contributed by atoms with Crippen molar-refractivity contribution in [2.24, 2.45) is 0 Å². The number of hydrogen-bond acceptors (Lipinski definition) is 6. The lowest BCUT2D eigenvalue weighted by Gasteiger charge is -2.32. The van der Waals surface area contributed by atoms with E-state index in [0.717, 1.165) is 37.1 Å². The summed E-state index contributed by atoms with van der Waals surface area (Å²) in [6, 6.07) is 14.0. The molecule has 0 spiro atoms. The molecule has 3 unspecified atom stereocenters. The second kappa shape index (κ2) is 13.2. The minimum Gasteiger partial charge on any atom is -0.490 e. The van der Waals surface area contributed by atoms with Gasteiger partial charge in [0.1, 0.15) is 55.4 Å². The van der Waals surface area contributed by atoms with Crippen LogP contribution in [0, 0.1) is 20.8 Å². The first-order valence-corrected chi connectivity index (χ1v) is 18.1. The molecule has 0 radical (unpaired) electrons. The molecule has 266 valence electrons. The van der Waals surface area contributed by atoms with Crippen molar-refractivity contribution in [3.63, 3.8) is 0 Å². The maximum Gasteiger partial charge on any atom is 0.123 e. The average Bonchev–Trinajstić information content (AvgIpc) is 3.83. The van der Waals surface area contributed by atoms with Gasteiger partial charge >= 0.3 is 0 Å². The largest absolute Gasteiger partial charge is 0.490 e. The summed E-state index contributed by atoms with van der Waals surface area (Å²) in [6.45, 7) is 31.2. The first kappa shape index (κ1) is 35.8. The highest BCUT2D eigenvalue weighted by molar-refractivity contribution is 5.60. The monoisotopic (exact) mass is 670 g/mol. The van der Waals surface area contributed by atoms with Gasteiger partial charge in [0.25, 0.3) is 0 Å². The summed E-state index contributed by atoms with van der Waals surface area (Å²) in [7, 11) is 0. The lowest BCUT2D eigenvalue weighted by atomic mass is 9.73. The molecule has 0 bridgehead atoms. The summed E-state index contributed by atoms with van der Waals surface area (Å²) in [4.78, 5) is 0. The lowest BCUT2D eigenvalue weighted by Crippen LogP contribution is -2.20. The third kappa shape index (κ3) is 8.46. The number of ether oxygens (including phenoxy) is 6. The zero-order valence-corrected chi connectivity index (χ0v) is 32.0. The predicted molar refractivity (Wildman–Crippen MR) is 196 cm³/mol. The van der Waals surface area contributed by atoms with Gasteiger partial charge in [-0.05, 0) is 105 Å². The predicted octanol–water partition coefficient (Wildman–Crippen LogP) is 9.02. The van der Waals surface area contributed by atoms with E-state index in [2.05, 4.69) is 119 Å². The van der Waals surface area contributed by atoms with Gasteiger partial charge in [-0.15, -0.1) is 0 Å². The third-order valence-electron chi connectivity index (χ3n) is 9.94. The molecule has 3 aromatic carbocycles. The first-order chi connectivity index (χ1) is 22.9. The fraction of sp³-hybridized carbons (Fsp3) is 0.581. The van der Waals surface area contributed by atoms with E-state index in [1.165, 1.54) is 50.1 Å². The Kier molecular flexibility index (Phi) is 9.66. The number of benzene rings is 3. The summed E-state index contributed by atoms with van der Waals surface area (Å²) in [5, 5.41) is 0. The smallest absolute Gasteiger partial charge is 0.123 e. The van der Waals surface area contributed by atoms with Crippen molar-refractivity contribution < 1.29 is 28.4 Å². The third-order valence-corrected chi connectivity index (χ3v) is 9.94. The number of hydrogen-bond donors (Lipinski definition) is 0. The Hall–Kier alpha value is -3.06. The minimum absolute atomic E-state index is 0.0363. The van der Waals surface area contributed by atoms with Gasteiger partial charge in [0.2, 0.25) is 0 Å². The van der Waals surface area contributed by atoms with Crippen LogP contribution in [0.25, 0.3) is 0 Å². The van der Waals surface area contributed by atoms with Crippen LogP contribution in [-0.4, -0.2) is 58.0 Å². The highest BCUT2D eigenvalue weighted by Gasteiger charge is 2.33. The molecule has 49 heavy (non-hydrogen) atoms. The lowest BCUT2D eigenvalue weighted by molar-refractivity contribution is 0.258. The highest BCUT2D eigenvalue weighted by Crippen LogP contribution is 2.47. The van der Waals surface area contributed by atoms with E-state index in [0.29, 0.717) is 19.8 Å². The van der Waals surface area contributed by atoms with Crippen LogP contribution < -0.4 is 14.2 Å². The van der Waals surface area contributed by atoms with Crippen molar-refractivity contribution in [1.82, 2.24) is 0 Å². The Balaban J connectivity index is 1.57. The Morgan fingerprint density at radius 3 is 0.939 bits per heavy atom. The van der Waals surface area contributed by atoms with Gasteiger partial charge in [-0.1, -0.05) is 80.5 Å². The summed E-state index contributed by atoms with van der Waals surface area (Å²) in [6.07, 6.45) is 0.575. The molecule has 6 rings (SSSR count). The first-order valence-electron chi connectivity index (χ1n) is 18.1. The Morgan fingerprint density at radius 2 is 0.735 bits per heavy atom. The standard InChI is InChI=1S/C43H58O6/c1-25-13-37(47-22-28-19-44-28)34(41(4,5)6)16-31(25)40(32-17-35(42(7,8)9)38(14-26(32)2)48-23-29-20-45-29)33-18-36(43(10,11)12)39(15-27(33)3)49-24-30-21-46-30/h13-18,28-30,40H,19-24H2,1-12H3. The SMILES string of the molecule is Cc1cc(OCC2CO2)c(C(C)(C)C)cc1C(c1cc(C(C)(C)C)c(OCC2CO2)cc1C)c1cc(C(C)(C)C)c(OCC2CO2)cc1C. The molecule has 3 aromatic rings. The highest BCUT2D eigenvalue weighted by atomic mass is 16.6. The summed E-state index contributed by atoms with van der Waals surface area (Å²) < 4.78 is 35.8. The van der Waals surface area contributed by atoms with Gasteiger partial charge in [-0.2, -0.15) is 0 Å². The van der Waals surface area contributed by atoms with E-state index < -0.39 is 0 Å². The average molecular weight is 671 g/mol. The van der Waals surface area contributed by atoms with Gasteiger partial charge in [0.15, 0.2) is 0 Å². The molecule has 3 atom stereocenters. The van der Waals surface area contributed by atoms with Gasteiger partial charge in [-0.3, -0.25) is 0 Å². The van der Waals surface area contributed by atoms with Gasteiger partial charge in [-0.25, -0.2) is 0 Å². The molecule has 3 heterocycles. The van der Waals surface area contributed by atoms with Gasteiger partial charge in [0.05, 0.1) is 19.8 Å². The fourth-order valence-corrected chi connectivity index (χ4v) is 6.69. The summed E-state index contributed by atoms with van der Waals surface area (Å²) in [5.41, 5.74) is 10.7. The molecular weight excluding hydrogens is 612 g/mol. The number of aryl methyl sites for hydroxylation is 3. The molecule has 0 saturated carbocycles. The maximum atomic E-state index is 6.45. The molecule has 3 aliphatic rings. The molecular formula is C43H58O6. The summed E-state index contributed by atoms with van der Waals surface area (Å²) in [5.74, 6) is 2.80. The minimum atomic E-state index is -0.130. The van der Waals surface area contributed by atoms with Crippen LogP contribution >= 0.6 is 0 Å². The zero-order chi connectivity index (χ0) is 35.5. The fourth-order valence-electron chi connectivity index (χ4n) is 6.69. The molecule has 6 nitrogen and oxygen atoms in total. The molecule has 0 N–H and O–H groups in total. The number of rotatable bonds is 12. The van der Waals surface area contributed by atoms with Crippen LogP contribution in [0.4, 0.5) is 0 Å². The van der Waals surface area contributed by atoms with Crippen molar-refractivity contribution in [2.45, 2.75) is 124 Å². The zero-order valence-electron chi connectivity index (χ0n) is 32.0. The molecule has 6 heteroatoms. The van der Waals surface area contributed by atoms with Crippen LogP contribution in [0.5, 0.6) is 17.2 Å². The van der Waals surface area contributed by atoms with Crippen LogP contribution in [0.15, 0.2) is 36.4 Å². The van der Waals surface area contributed by atoms with Crippen molar-refractivity contribution in [3.8, 4) is 17.2 Å². The molecule has 3 fully saturated rings. The van der Waals surface area contributed by atoms with E-state index in [1.807, 2.05) is 0 Å². The van der Waals surface area contributed by atoms with E-state index in [9.17, 15) is 0 Å². The van der Waals surface area contributed by atoms with Gasteiger partial charge < -0.3 is 28.4 Å². The van der Waals surface area contributed by atoms with E-state index in [4.69, 9.17) is 28.4 Å². The van der Waals surface area contributed by atoms with Crippen LogP contribution in [0.3, 0.4) is 0 Å². The maximum absolute atomic E-state index is 6.45. The summed E-state index contributed by atoms with van der Waals surface area (Å²) >= 11 is 0. The van der Waals surface area contributed by atoms with E-state index >= 15 is 0 Å². The second-order valence-electron chi connectivity index (χ2n) is 17.6. The van der Waals surface area contributed by atoms with Crippen molar-refractivity contribution in [1.29, 1.82) is 0 Å². The molecule has 0 amide bonds. The topological polar surface area (TPSA) is 65.3 Å². The van der Waals surface area contributed by atoms with Crippen LogP contribution in [-0.2, 0) is 30.5 Å². The molecule has 3 saturated heterocycles. The molecule has 0 aliphatic carbocycles. The van der Waals surface area contributed by atoms with Crippen molar-refractivity contribution in [3.05, 3.63) is 86.5 Å². The normalized spacial score (nSPS) is 20.9. The second-order valence-corrected chi connectivity index (χ2v) is 17.6. The van der Waals surface area contributed by atoms with E-state index in [1.54, 1.807) is 0 Å². The van der Waals surface area contributed by atoms with Crippen LogP contribution in [0.2, 0.25) is 0 Å². The Bertz CT molecular complexity index is 1470. The molecule has 0 aromatic heterocycles. The van der Waals surface area contributed by atoms with Gasteiger partial charge in [0, 0.05) is 5.92 Å². The quantitative estimate of drug-likeness (QED) is 0.142. The van der Waals surface area contributed by atoms with Crippen molar-refractivity contribution >= 4 is 0 Å². The molecule has 3 aliphatic heterocycles. The Morgan fingerprint density at radius 1 is 0.490 bits per heavy atom. The number of epoxide rings is 3. The van der Waals surface area contributed by atoms with Crippen molar-refractivity contribution in [2.75, 3.05) is 39.6 Å². The van der Waals surface area contributed by atoms with E-state index in [-0.39, 0.29) is 40.5 Å². The van der Waals surface area contributed by atoms with Crippen LogP contribution in [0.1, 0.15) is 118 Å².